The Hall–Kier alpha value is -2.25. The summed E-state index contributed by atoms with van der Waals surface area (Å²) in [5.74, 6) is -0.757. The molecule has 1 aromatic carbocycles. The Bertz CT molecular complexity index is 817. The Morgan fingerprint density at radius 3 is 2.91 bits per heavy atom. The number of hydrogen-bond acceptors (Lipinski definition) is 5. The number of nitrogens with one attached hydrogen (secondary N) is 1. The first-order chi connectivity index (χ1) is 10.2. The van der Waals surface area contributed by atoms with Crippen molar-refractivity contribution in [1.29, 1.82) is 0 Å². The number of benzene rings is 1. The minimum Gasteiger partial charge on any atom is -0.494 e. The van der Waals surface area contributed by atoms with Crippen LogP contribution in [0.25, 0.3) is 10.9 Å². The summed E-state index contributed by atoms with van der Waals surface area (Å²) < 4.78 is 18.9. The normalized spacial score (nSPS) is 10.1. The Balaban J connectivity index is 0.00000132. The number of aromatic nitrogens is 2. The second-order valence-electron chi connectivity index (χ2n) is 4.17. The predicted molar refractivity (Wildman–Crippen MR) is 87.7 cm³/mol. The monoisotopic (exact) mass is 341 g/mol. The summed E-state index contributed by atoms with van der Waals surface area (Å²) in [5, 5.41) is 5.44. The molecule has 22 heavy (non-hydrogen) atoms. The van der Waals surface area contributed by atoms with Crippen LogP contribution in [0.2, 0.25) is 0 Å². The van der Waals surface area contributed by atoms with E-state index >= 15 is 0 Å². The van der Waals surface area contributed by atoms with Crippen LogP contribution >= 0.6 is 23.7 Å². The molecule has 0 atom stereocenters. The van der Waals surface area contributed by atoms with Gasteiger partial charge in [-0.3, -0.25) is 15.1 Å². The van der Waals surface area contributed by atoms with Crippen LogP contribution in [-0.2, 0) is 0 Å². The van der Waals surface area contributed by atoms with Gasteiger partial charge in [-0.15, -0.1) is 23.7 Å². The highest BCUT2D eigenvalue weighted by Crippen LogP contribution is 2.25. The molecular weight excluding hydrogens is 329 g/mol. The number of halogens is 2. The van der Waals surface area contributed by atoms with E-state index in [1.807, 2.05) is 0 Å². The zero-order chi connectivity index (χ0) is 14.8. The van der Waals surface area contributed by atoms with E-state index in [0.29, 0.717) is 16.1 Å². The van der Waals surface area contributed by atoms with Crippen molar-refractivity contribution in [2.24, 2.45) is 0 Å². The van der Waals surface area contributed by atoms with Gasteiger partial charge in [-0.05, 0) is 18.2 Å². The molecule has 3 aromatic rings. The summed E-state index contributed by atoms with van der Waals surface area (Å²) in [6, 6.07) is 4.74. The van der Waals surface area contributed by atoms with Crippen molar-refractivity contribution in [3.05, 3.63) is 47.4 Å². The fourth-order valence-electron chi connectivity index (χ4n) is 1.88. The van der Waals surface area contributed by atoms with Gasteiger partial charge in [0, 0.05) is 24.6 Å². The van der Waals surface area contributed by atoms with Crippen molar-refractivity contribution in [1.82, 2.24) is 9.97 Å². The van der Waals surface area contributed by atoms with Gasteiger partial charge in [0.05, 0.1) is 12.7 Å². The van der Waals surface area contributed by atoms with E-state index in [0.717, 1.165) is 0 Å². The number of thiazole rings is 1. The number of amides is 1. The third-order valence-corrected chi connectivity index (χ3v) is 3.58. The molecule has 1 N–H and O–H groups in total. The zero-order valence-electron chi connectivity index (χ0n) is 11.4. The molecule has 0 saturated carbocycles. The maximum Gasteiger partial charge on any atom is 0.259 e. The number of pyridine rings is 1. The SMILES string of the molecule is COc1ccc2cc(C(=O)Nc3nccs3)cnc2c1F.Cl.[HH]. The fraction of sp³-hybridized carbons (Fsp3) is 0.0714. The lowest BCUT2D eigenvalue weighted by Gasteiger charge is -2.06. The number of nitrogens with zero attached hydrogens (tertiary/aromatic N) is 2. The third-order valence-electron chi connectivity index (χ3n) is 2.89. The van der Waals surface area contributed by atoms with Gasteiger partial charge < -0.3 is 4.74 Å². The summed E-state index contributed by atoms with van der Waals surface area (Å²) in [6.07, 6.45) is 2.92. The molecule has 3 rings (SSSR count). The molecule has 0 saturated heterocycles. The molecule has 0 aliphatic heterocycles. The summed E-state index contributed by atoms with van der Waals surface area (Å²) in [5.41, 5.74) is 0.502. The number of hydrogen-bond donors (Lipinski definition) is 1. The Kier molecular flexibility index (Phi) is 4.89. The molecular formula is C14H13ClFN3O2S. The lowest BCUT2D eigenvalue weighted by atomic mass is 10.1. The fourth-order valence-corrected chi connectivity index (χ4v) is 2.41. The number of ether oxygens (including phenoxy) is 1. The first-order valence-corrected chi connectivity index (χ1v) is 6.90. The average molecular weight is 342 g/mol. The molecule has 1 amide bonds. The summed E-state index contributed by atoms with van der Waals surface area (Å²) >= 11 is 1.32. The van der Waals surface area contributed by atoms with Crippen LogP contribution in [0.4, 0.5) is 9.52 Å². The minimum absolute atomic E-state index is 0. The van der Waals surface area contributed by atoms with Gasteiger partial charge >= 0.3 is 0 Å². The van der Waals surface area contributed by atoms with Gasteiger partial charge in [-0.1, -0.05) is 0 Å². The molecule has 116 valence electrons. The van der Waals surface area contributed by atoms with E-state index in [4.69, 9.17) is 4.74 Å². The lowest BCUT2D eigenvalue weighted by Crippen LogP contribution is -2.12. The van der Waals surface area contributed by atoms with Crippen molar-refractivity contribution in [3.63, 3.8) is 0 Å². The maximum atomic E-state index is 14.0. The molecule has 0 aliphatic rings. The number of methoxy groups -OCH3 is 1. The largest absolute Gasteiger partial charge is 0.494 e. The van der Waals surface area contributed by atoms with E-state index < -0.39 is 5.82 Å². The first-order valence-electron chi connectivity index (χ1n) is 6.02. The van der Waals surface area contributed by atoms with E-state index in [9.17, 15) is 9.18 Å². The second-order valence-corrected chi connectivity index (χ2v) is 5.06. The van der Waals surface area contributed by atoms with E-state index in [-0.39, 0.29) is 31.0 Å². The quantitative estimate of drug-likeness (QED) is 0.787. The van der Waals surface area contributed by atoms with Crippen LogP contribution in [0.1, 0.15) is 11.8 Å². The van der Waals surface area contributed by atoms with Crippen molar-refractivity contribution in [2.45, 2.75) is 0 Å². The Morgan fingerprint density at radius 1 is 1.41 bits per heavy atom. The highest BCUT2D eigenvalue weighted by Gasteiger charge is 2.13. The van der Waals surface area contributed by atoms with Crippen molar-refractivity contribution in [3.8, 4) is 5.75 Å². The number of fused-ring (bicyclic) bond motifs is 1. The topological polar surface area (TPSA) is 64.1 Å². The van der Waals surface area contributed by atoms with Gasteiger partial charge in [-0.2, -0.15) is 0 Å². The number of carbonyl (C=O) groups excluding carboxylic acids is 1. The van der Waals surface area contributed by atoms with Crippen LogP contribution < -0.4 is 10.1 Å². The van der Waals surface area contributed by atoms with Crippen molar-refractivity contribution < 1.29 is 15.3 Å². The van der Waals surface area contributed by atoms with Crippen LogP contribution in [0.3, 0.4) is 0 Å². The van der Waals surface area contributed by atoms with E-state index in [1.165, 1.54) is 30.7 Å². The van der Waals surface area contributed by atoms with Crippen molar-refractivity contribution >= 4 is 45.7 Å². The third kappa shape index (κ3) is 3.00. The molecule has 0 fully saturated rings. The zero-order valence-corrected chi connectivity index (χ0v) is 13.0. The summed E-state index contributed by atoms with van der Waals surface area (Å²) in [4.78, 5) is 20.0. The van der Waals surface area contributed by atoms with Gasteiger partial charge in [-0.25, -0.2) is 9.37 Å². The molecule has 5 nitrogen and oxygen atoms in total. The van der Waals surface area contributed by atoms with Crippen LogP contribution in [0, 0.1) is 5.82 Å². The predicted octanol–water partition coefficient (Wildman–Crippen LogP) is 3.76. The van der Waals surface area contributed by atoms with Crippen molar-refractivity contribution in [2.75, 3.05) is 12.4 Å². The highest BCUT2D eigenvalue weighted by molar-refractivity contribution is 7.13. The van der Waals surface area contributed by atoms with E-state index in [2.05, 4.69) is 15.3 Å². The van der Waals surface area contributed by atoms with E-state index in [1.54, 1.807) is 23.7 Å². The number of anilines is 1. The Labute approximate surface area is 137 Å². The standard InChI is InChI=1S/C14H10FN3O2S.ClH.H2/c1-20-10-3-2-8-6-9(7-17-12(8)11(10)15)13(19)18-14-16-4-5-21-14;;/h2-7H,1H3,(H,16,18,19);2*1H. The molecule has 8 heteroatoms. The number of carbonyl (C=O) groups is 1. The molecule has 0 aliphatic carbocycles. The second kappa shape index (κ2) is 6.67. The minimum atomic E-state index is -0.540. The molecule has 0 radical (unpaired) electrons. The molecule has 0 unspecified atom stereocenters. The van der Waals surface area contributed by atoms with Crippen LogP contribution in [0.5, 0.6) is 5.75 Å². The maximum absolute atomic E-state index is 14.0. The molecule has 2 heterocycles. The van der Waals surface area contributed by atoms with Gasteiger partial charge in [0.25, 0.3) is 5.91 Å². The Morgan fingerprint density at radius 2 is 2.23 bits per heavy atom. The smallest absolute Gasteiger partial charge is 0.259 e. The summed E-state index contributed by atoms with van der Waals surface area (Å²) in [7, 11) is 1.39. The van der Waals surface area contributed by atoms with Crippen LogP contribution in [-0.4, -0.2) is 23.0 Å². The van der Waals surface area contributed by atoms with Gasteiger partial charge in [0.1, 0.15) is 5.52 Å². The number of rotatable bonds is 3. The average Bonchev–Trinajstić information content (AvgIpc) is 3.00. The molecule has 0 spiro atoms. The van der Waals surface area contributed by atoms with Gasteiger partial charge in [0.2, 0.25) is 0 Å². The first kappa shape index (κ1) is 16.1. The molecule has 0 bridgehead atoms. The lowest BCUT2D eigenvalue weighted by molar-refractivity contribution is 0.102. The summed E-state index contributed by atoms with van der Waals surface area (Å²) in [6.45, 7) is 0. The van der Waals surface area contributed by atoms with Gasteiger partial charge in [0.15, 0.2) is 16.7 Å². The molecule has 2 aromatic heterocycles. The van der Waals surface area contributed by atoms with Crippen LogP contribution in [0.15, 0.2) is 36.0 Å². The highest BCUT2D eigenvalue weighted by atomic mass is 35.5.